The van der Waals surface area contributed by atoms with Crippen LogP contribution in [-0.4, -0.2) is 17.5 Å². The maximum atomic E-state index is 6.41. The molecule has 110 valence electrons. The zero-order valence-electron chi connectivity index (χ0n) is 11.9. The van der Waals surface area contributed by atoms with Gasteiger partial charge in [-0.1, -0.05) is 31.4 Å². The van der Waals surface area contributed by atoms with Crippen molar-refractivity contribution in [1.82, 2.24) is 0 Å². The Labute approximate surface area is 131 Å². The van der Waals surface area contributed by atoms with Gasteiger partial charge in [0.25, 0.3) is 0 Å². The SMILES string of the molecule is ClCc1ccc(SCC2CCC3(CCCCC3)O2)cc1. The van der Waals surface area contributed by atoms with E-state index in [9.17, 15) is 0 Å². The van der Waals surface area contributed by atoms with Gasteiger partial charge in [-0.15, -0.1) is 23.4 Å². The largest absolute Gasteiger partial charge is 0.371 e. The van der Waals surface area contributed by atoms with Crippen LogP contribution in [0.1, 0.15) is 50.5 Å². The summed E-state index contributed by atoms with van der Waals surface area (Å²) in [7, 11) is 0. The Hall–Kier alpha value is -0.180. The molecular formula is C17H23ClOS. The molecule has 2 aliphatic rings. The lowest BCUT2D eigenvalue weighted by molar-refractivity contribution is -0.0555. The van der Waals surface area contributed by atoms with Gasteiger partial charge < -0.3 is 4.74 Å². The summed E-state index contributed by atoms with van der Waals surface area (Å²) >= 11 is 7.73. The van der Waals surface area contributed by atoms with E-state index in [-0.39, 0.29) is 5.60 Å². The molecule has 1 heterocycles. The van der Waals surface area contributed by atoms with Crippen LogP contribution in [0.3, 0.4) is 0 Å². The second-order valence-electron chi connectivity index (χ2n) is 6.11. The molecule has 2 fully saturated rings. The topological polar surface area (TPSA) is 9.23 Å². The van der Waals surface area contributed by atoms with Crippen LogP contribution in [0.5, 0.6) is 0 Å². The lowest BCUT2D eigenvalue weighted by atomic mass is 9.83. The molecule has 1 nitrogen and oxygen atoms in total. The minimum Gasteiger partial charge on any atom is -0.371 e. The number of halogens is 1. The molecular weight excluding hydrogens is 288 g/mol. The normalized spacial score (nSPS) is 25.1. The number of hydrogen-bond acceptors (Lipinski definition) is 2. The molecule has 3 rings (SSSR count). The number of hydrogen-bond donors (Lipinski definition) is 0. The van der Waals surface area contributed by atoms with Crippen LogP contribution >= 0.6 is 23.4 Å². The monoisotopic (exact) mass is 310 g/mol. The molecule has 1 aromatic carbocycles. The Bertz CT molecular complexity index is 425. The minimum atomic E-state index is 0.256. The van der Waals surface area contributed by atoms with Crippen molar-refractivity contribution >= 4 is 23.4 Å². The maximum Gasteiger partial charge on any atom is 0.0687 e. The molecule has 1 aliphatic carbocycles. The average molecular weight is 311 g/mol. The fourth-order valence-corrected chi connectivity index (χ4v) is 4.56. The van der Waals surface area contributed by atoms with E-state index in [4.69, 9.17) is 16.3 Å². The van der Waals surface area contributed by atoms with Gasteiger partial charge in [0, 0.05) is 16.5 Å². The Balaban J connectivity index is 1.49. The molecule has 1 saturated carbocycles. The Morgan fingerprint density at radius 2 is 1.85 bits per heavy atom. The number of benzene rings is 1. The Morgan fingerprint density at radius 3 is 2.55 bits per heavy atom. The first kappa shape index (κ1) is 14.7. The summed E-state index contributed by atoms with van der Waals surface area (Å²) in [6.07, 6.45) is 9.68. The van der Waals surface area contributed by atoms with Gasteiger partial charge in [0.15, 0.2) is 0 Å². The van der Waals surface area contributed by atoms with Gasteiger partial charge in [-0.05, 0) is 43.4 Å². The fourth-order valence-electron chi connectivity index (χ4n) is 3.44. The highest BCUT2D eigenvalue weighted by atomic mass is 35.5. The van der Waals surface area contributed by atoms with E-state index in [2.05, 4.69) is 24.3 Å². The Morgan fingerprint density at radius 1 is 1.10 bits per heavy atom. The van der Waals surface area contributed by atoms with Crippen molar-refractivity contribution in [2.45, 2.75) is 67.4 Å². The summed E-state index contributed by atoms with van der Waals surface area (Å²) in [6, 6.07) is 8.59. The first-order valence-electron chi connectivity index (χ1n) is 7.75. The number of rotatable bonds is 4. The molecule has 0 radical (unpaired) electrons. The lowest BCUT2D eigenvalue weighted by Gasteiger charge is -2.33. The van der Waals surface area contributed by atoms with E-state index in [0.717, 1.165) is 5.75 Å². The molecule has 1 atom stereocenters. The molecule has 1 saturated heterocycles. The van der Waals surface area contributed by atoms with Crippen LogP contribution in [0.4, 0.5) is 0 Å². The third kappa shape index (κ3) is 3.52. The molecule has 0 N–H and O–H groups in total. The molecule has 0 bridgehead atoms. The molecule has 1 aliphatic heterocycles. The predicted molar refractivity (Wildman–Crippen MR) is 86.6 cm³/mol. The predicted octanol–water partition coefficient (Wildman–Crippen LogP) is 5.40. The number of alkyl halides is 1. The summed E-state index contributed by atoms with van der Waals surface area (Å²) in [5.41, 5.74) is 1.45. The van der Waals surface area contributed by atoms with Crippen molar-refractivity contribution in [3.05, 3.63) is 29.8 Å². The highest BCUT2D eigenvalue weighted by Crippen LogP contribution is 2.42. The van der Waals surface area contributed by atoms with Gasteiger partial charge in [-0.2, -0.15) is 0 Å². The summed E-state index contributed by atoms with van der Waals surface area (Å²) in [5, 5.41) is 0. The molecule has 1 aromatic rings. The summed E-state index contributed by atoms with van der Waals surface area (Å²) in [6.45, 7) is 0. The number of thioether (sulfide) groups is 1. The molecule has 1 unspecified atom stereocenters. The van der Waals surface area contributed by atoms with Gasteiger partial charge >= 0.3 is 0 Å². The van der Waals surface area contributed by atoms with Crippen LogP contribution in [0, 0.1) is 0 Å². The second kappa shape index (κ2) is 6.72. The highest BCUT2D eigenvalue weighted by molar-refractivity contribution is 7.99. The van der Waals surface area contributed by atoms with E-state index in [0.29, 0.717) is 12.0 Å². The maximum absolute atomic E-state index is 6.41. The van der Waals surface area contributed by atoms with Crippen molar-refractivity contribution in [2.24, 2.45) is 0 Å². The van der Waals surface area contributed by atoms with Crippen molar-refractivity contribution in [1.29, 1.82) is 0 Å². The molecule has 0 aromatic heterocycles. The van der Waals surface area contributed by atoms with E-state index in [1.807, 2.05) is 11.8 Å². The fraction of sp³-hybridized carbons (Fsp3) is 0.647. The van der Waals surface area contributed by atoms with Crippen LogP contribution in [0.2, 0.25) is 0 Å². The zero-order chi connectivity index (χ0) is 13.8. The first-order chi connectivity index (χ1) is 9.80. The summed E-state index contributed by atoms with van der Waals surface area (Å²) in [5.74, 6) is 1.68. The van der Waals surface area contributed by atoms with Crippen LogP contribution in [0.15, 0.2) is 29.2 Å². The smallest absolute Gasteiger partial charge is 0.0687 e. The third-order valence-corrected chi connectivity index (χ3v) is 6.07. The van der Waals surface area contributed by atoms with Crippen LogP contribution < -0.4 is 0 Å². The third-order valence-electron chi connectivity index (χ3n) is 4.62. The molecule has 0 amide bonds. The van der Waals surface area contributed by atoms with Gasteiger partial charge in [0.05, 0.1) is 11.7 Å². The van der Waals surface area contributed by atoms with Crippen molar-refractivity contribution in [2.75, 3.05) is 5.75 Å². The van der Waals surface area contributed by atoms with Gasteiger partial charge in [-0.3, -0.25) is 0 Å². The standard InChI is InChI=1S/C17H23ClOS/c18-12-14-4-6-16(7-5-14)20-13-15-8-11-17(19-15)9-2-1-3-10-17/h4-7,15H,1-3,8-13H2. The van der Waals surface area contributed by atoms with Gasteiger partial charge in [0.2, 0.25) is 0 Å². The second-order valence-corrected chi connectivity index (χ2v) is 7.47. The van der Waals surface area contributed by atoms with E-state index >= 15 is 0 Å². The zero-order valence-corrected chi connectivity index (χ0v) is 13.5. The summed E-state index contributed by atoms with van der Waals surface area (Å²) < 4.78 is 6.41. The Kier molecular flexibility index (Phi) is 4.95. The lowest BCUT2D eigenvalue weighted by Crippen LogP contribution is -2.32. The number of ether oxygens (including phenoxy) is 1. The van der Waals surface area contributed by atoms with Gasteiger partial charge in [-0.25, -0.2) is 0 Å². The van der Waals surface area contributed by atoms with Crippen molar-refractivity contribution < 1.29 is 4.74 Å². The van der Waals surface area contributed by atoms with E-state index < -0.39 is 0 Å². The van der Waals surface area contributed by atoms with Gasteiger partial charge in [0.1, 0.15) is 0 Å². The van der Waals surface area contributed by atoms with Crippen molar-refractivity contribution in [3.8, 4) is 0 Å². The summed E-state index contributed by atoms with van der Waals surface area (Å²) in [4.78, 5) is 1.33. The van der Waals surface area contributed by atoms with E-state index in [1.165, 1.54) is 55.4 Å². The molecule has 20 heavy (non-hydrogen) atoms. The molecule has 1 spiro atoms. The molecule has 3 heteroatoms. The highest BCUT2D eigenvalue weighted by Gasteiger charge is 2.40. The quantitative estimate of drug-likeness (QED) is 0.544. The van der Waals surface area contributed by atoms with Crippen LogP contribution in [-0.2, 0) is 10.6 Å². The van der Waals surface area contributed by atoms with Crippen molar-refractivity contribution in [3.63, 3.8) is 0 Å². The van der Waals surface area contributed by atoms with Crippen LogP contribution in [0.25, 0.3) is 0 Å². The first-order valence-corrected chi connectivity index (χ1v) is 9.27. The minimum absolute atomic E-state index is 0.256. The van der Waals surface area contributed by atoms with E-state index in [1.54, 1.807) is 0 Å². The average Bonchev–Trinajstić information content (AvgIpc) is 2.89.